The average molecular weight is 251 g/mol. The molecule has 0 aliphatic heterocycles. The molecule has 0 unspecified atom stereocenters. The van der Waals surface area contributed by atoms with Crippen LogP contribution < -0.4 is 5.32 Å². The SMILES string of the molecule is CC(C)(CC(=O)O)NC(=O)CCSCCF. The van der Waals surface area contributed by atoms with Crippen LogP contribution in [0.15, 0.2) is 0 Å². The van der Waals surface area contributed by atoms with Crippen LogP contribution >= 0.6 is 11.8 Å². The van der Waals surface area contributed by atoms with Crippen LogP contribution in [0.3, 0.4) is 0 Å². The highest BCUT2D eigenvalue weighted by Gasteiger charge is 2.23. The monoisotopic (exact) mass is 251 g/mol. The fourth-order valence-electron chi connectivity index (χ4n) is 1.18. The zero-order valence-electron chi connectivity index (χ0n) is 9.59. The van der Waals surface area contributed by atoms with Gasteiger partial charge >= 0.3 is 5.97 Å². The lowest BCUT2D eigenvalue weighted by molar-refractivity contribution is -0.138. The first kappa shape index (κ1) is 15.2. The number of carbonyl (C=O) groups is 2. The Morgan fingerprint density at radius 1 is 1.38 bits per heavy atom. The van der Waals surface area contributed by atoms with Crippen molar-refractivity contribution in [1.29, 1.82) is 0 Å². The first-order valence-corrected chi connectivity index (χ1v) is 6.19. The van der Waals surface area contributed by atoms with Crippen LogP contribution in [-0.2, 0) is 9.59 Å². The van der Waals surface area contributed by atoms with Gasteiger partial charge in [-0.3, -0.25) is 14.0 Å². The normalized spacial score (nSPS) is 11.2. The topological polar surface area (TPSA) is 66.4 Å². The summed E-state index contributed by atoms with van der Waals surface area (Å²) in [7, 11) is 0. The van der Waals surface area contributed by atoms with Gasteiger partial charge in [0.05, 0.1) is 13.1 Å². The highest BCUT2D eigenvalue weighted by atomic mass is 32.2. The zero-order valence-corrected chi connectivity index (χ0v) is 10.4. The molecule has 0 aliphatic rings. The number of hydrogen-bond donors (Lipinski definition) is 2. The number of carbonyl (C=O) groups excluding carboxylic acids is 1. The molecule has 0 aliphatic carbocycles. The van der Waals surface area contributed by atoms with Gasteiger partial charge in [0.25, 0.3) is 0 Å². The minimum absolute atomic E-state index is 0.115. The number of hydrogen-bond acceptors (Lipinski definition) is 3. The summed E-state index contributed by atoms with van der Waals surface area (Å²) < 4.78 is 11.7. The van der Waals surface area contributed by atoms with Crippen molar-refractivity contribution in [1.82, 2.24) is 5.32 Å². The molecule has 0 aromatic heterocycles. The van der Waals surface area contributed by atoms with E-state index in [0.717, 1.165) is 0 Å². The van der Waals surface area contributed by atoms with Gasteiger partial charge in [-0.25, -0.2) is 0 Å². The molecular weight excluding hydrogens is 233 g/mol. The summed E-state index contributed by atoms with van der Waals surface area (Å²) in [6, 6.07) is 0. The van der Waals surface area contributed by atoms with Crippen LogP contribution in [0.5, 0.6) is 0 Å². The quantitative estimate of drug-likeness (QED) is 0.641. The van der Waals surface area contributed by atoms with Gasteiger partial charge in [0.15, 0.2) is 0 Å². The first-order valence-electron chi connectivity index (χ1n) is 5.04. The molecule has 0 aromatic carbocycles. The third kappa shape index (κ3) is 8.52. The molecular formula is C10H18FNO3S. The largest absolute Gasteiger partial charge is 0.481 e. The van der Waals surface area contributed by atoms with Gasteiger partial charge in [0.1, 0.15) is 0 Å². The summed E-state index contributed by atoms with van der Waals surface area (Å²) in [5, 5.41) is 11.2. The molecule has 94 valence electrons. The van der Waals surface area contributed by atoms with Gasteiger partial charge in [-0.1, -0.05) is 0 Å². The summed E-state index contributed by atoms with van der Waals surface area (Å²) >= 11 is 1.37. The highest BCUT2D eigenvalue weighted by Crippen LogP contribution is 2.09. The minimum Gasteiger partial charge on any atom is -0.481 e. The molecule has 16 heavy (non-hydrogen) atoms. The van der Waals surface area contributed by atoms with Gasteiger partial charge in [0.2, 0.25) is 5.91 Å². The lowest BCUT2D eigenvalue weighted by Gasteiger charge is -2.24. The molecule has 0 saturated heterocycles. The van der Waals surface area contributed by atoms with E-state index < -0.39 is 18.2 Å². The number of rotatable bonds is 8. The number of thioether (sulfide) groups is 1. The molecule has 0 aromatic rings. The highest BCUT2D eigenvalue weighted by molar-refractivity contribution is 7.99. The van der Waals surface area contributed by atoms with Gasteiger partial charge in [-0.2, -0.15) is 11.8 Å². The Bertz CT molecular complexity index is 246. The summed E-state index contributed by atoms with van der Waals surface area (Å²) in [5.74, 6) is -0.195. The molecule has 2 N–H and O–H groups in total. The van der Waals surface area contributed by atoms with Gasteiger partial charge in [-0.15, -0.1) is 0 Å². The van der Waals surface area contributed by atoms with Crippen LogP contribution in [0.25, 0.3) is 0 Å². The Morgan fingerprint density at radius 3 is 2.50 bits per heavy atom. The Kier molecular flexibility index (Phi) is 7.12. The van der Waals surface area contributed by atoms with Crippen LogP contribution in [0, 0.1) is 0 Å². The number of nitrogens with one attached hydrogen (secondary N) is 1. The maximum Gasteiger partial charge on any atom is 0.305 e. The van der Waals surface area contributed by atoms with E-state index in [0.29, 0.717) is 11.5 Å². The second kappa shape index (κ2) is 7.49. The Balaban J connectivity index is 3.80. The molecule has 0 saturated carbocycles. The van der Waals surface area contributed by atoms with E-state index in [-0.39, 0.29) is 18.7 Å². The first-order chi connectivity index (χ1) is 7.37. The van der Waals surface area contributed by atoms with E-state index in [4.69, 9.17) is 5.11 Å². The predicted octanol–water partition coefficient (Wildman–Crippen LogP) is 1.45. The van der Waals surface area contributed by atoms with Crippen molar-refractivity contribution < 1.29 is 19.1 Å². The Hall–Kier alpha value is -0.780. The van der Waals surface area contributed by atoms with Crippen LogP contribution in [-0.4, -0.2) is 40.7 Å². The molecule has 0 rings (SSSR count). The van der Waals surface area contributed by atoms with Gasteiger partial charge < -0.3 is 10.4 Å². The average Bonchev–Trinajstić information content (AvgIpc) is 2.09. The zero-order chi connectivity index (χ0) is 12.6. The molecule has 0 atom stereocenters. The maximum atomic E-state index is 11.7. The second-order valence-corrected chi connectivity index (χ2v) is 5.28. The van der Waals surface area contributed by atoms with Crippen molar-refractivity contribution in [2.24, 2.45) is 0 Å². The molecule has 4 nitrogen and oxygen atoms in total. The summed E-state index contributed by atoms with van der Waals surface area (Å²) in [6.45, 7) is 2.93. The van der Waals surface area contributed by atoms with Crippen molar-refractivity contribution in [3.8, 4) is 0 Å². The fraction of sp³-hybridized carbons (Fsp3) is 0.800. The molecule has 0 heterocycles. The second-order valence-electron chi connectivity index (χ2n) is 4.05. The van der Waals surface area contributed by atoms with E-state index in [1.807, 2.05) is 0 Å². The minimum atomic E-state index is -0.947. The number of aliphatic carboxylic acids is 1. The molecule has 0 fully saturated rings. The third-order valence-corrected chi connectivity index (χ3v) is 2.70. The van der Waals surface area contributed by atoms with Crippen molar-refractivity contribution in [3.05, 3.63) is 0 Å². The van der Waals surface area contributed by atoms with Crippen molar-refractivity contribution in [2.75, 3.05) is 18.2 Å². The van der Waals surface area contributed by atoms with Crippen molar-refractivity contribution in [3.63, 3.8) is 0 Å². The molecule has 0 radical (unpaired) electrons. The van der Waals surface area contributed by atoms with Crippen LogP contribution in [0.2, 0.25) is 0 Å². The molecule has 0 spiro atoms. The van der Waals surface area contributed by atoms with Crippen LogP contribution in [0.1, 0.15) is 26.7 Å². The maximum absolute atomic E-state index is 11.7. The summed E-state index contributed by atoms with van der Waals surface area (Å²) in [6.07, 6.45) is 0.171. The Morgan fingerprint density at radius 2 is 2.00 bits per heavy atom. The summed E-state index contributed by atoms with van der Waals surface area (Å²) in [4.78, 5) is 21.9. The van der Waals surface area contributed by atoms with E-state index in [9.17, 15) is 14.0 Å². The number of halogens is 1. The lowest BCUT2D eigenvalue weighted by atomic mass is 10.0. The summed E-state index contributed by atoms with van der Waals surface area (Å²) in [5.41, 5.74) is -0.742. The fourth-order valence-corrected chi connectivity index (χ4v) is 1.83. The lowest BCUT2D eigenvalue weighted by Crippen LogP contribution is -2.45. The number of carboxylic acids is 1. The number of carboxylic acid groups (broad SMARTS) is 1. The van der Waals surface area contributed by atoms with Crippen LogP contribution in [0.4, 0.5) is 4.39 Å². The number of alkyl halides is 1. The van der Waals surface area contributed by atoms with E-state index in [2.05, 4.69) is 5.32 Å². The van der Waals surface area contributed by atoms with Crippen molar-refractivity contribution >= 4 is 23.6 Å². The smallest absolute Gasteiger partial charge is 0.305 e. The van der Waals surface area contributed by atoms with Crippen molar-refractivity contribution in [2.45, 2.75) is 32.2 Å². The molecule has 6 heteroatoms. The molecule has 1 amide bonds. The molecule has 0 bridgehead atoms. The standard InChI is InChI=1S/C10H18FNO3S/c1-10(2,7-9(14)15)12-8(13)3-5-16-6-4-11/h3-7H2,1-2H3,(H,12,13)(H,14,15). The van der Waals surface area contributed by atoms with Gasteiger partial charge in [-0.05, 0) is 13.8 Å². The van der Waals surface area contributed by atoms with E-state index >= 15 is 0 Å². The van der Waals surface area contributed by atoms with E-state index in [1.54, 1.807) is 13.8 Å². The number of amides is 1. The predicted molar refractivity (Wildman–Crippen MR) is 62.4 cm³/mol. The Labute approximate surface area is 99.0 Å². The van der Waals surface area contributed by atoms with Gasteiger partial charge in [0, 0.05) is 23.5 Å². The third-order valence-electron chi connectivity index (χ3n) is 1.77. The van der Waals surface area contributed by atoms with E-state index in [1.165, 1.54) is 11.8 Å².